The molecule has 0 radical (unpaired) electrons. The molecule has 16 nitrogen and oxygen atoms in total. The number of ether oxygens (including phenoxy) is 3. The third-order valence-electron chi connectivity index (χ3n) is 14.2. The second-order valence-corrected chi connectivity index (χ2v) is 21.5. The number of pyridine rings is 1. The van der Waals surface area contributed by atoms with Gasteiger partial charge in [-0.05, 0) is 116 Å². The first-order valence-electron chi connectivity index (χ1n) is 23.6. The van der Waals surface area contributed by atoms with Crippen molar-refractivity contribution in [2.24, 2.45) is 11.3 Å². The molecule has 6 heterocycles. The number of aromatic nitrogens is 2. The van der Waals surface area contributed by atoms with Crippen molar-refractivity contribution in [3.8, 4) is 5.88 Å². The molecule has 5 aromatic rings. The lowest BCUT2D eigenvalue weighted by Crippen LogP contribution is -2.53. The van der Waals surface area contributed by atoms with Crippen LogP contribution in [0.25, 0.3) is 16.6 Å². The molecule has 0 saturated carbocycles. The molecule has 5 aliphatic rings. The first-order valence-corrected chi connectivity index (χ1v) is 25.4. The van der Waals surface area contributed by atoms with Crippen LogP contribution in [0.3, 0.4) is 0 Å². The zero-order chi connectivity index (χ0) is 47.2. The summed E-state index contributed by atoms with van der Waals surface area (Å²) in [5.74, 6) is -0.253. The molecule has 3 aromatic carbocycles. The lowest BCUT2D eigenvalue weighted by molar-refractivity contribution is -0.384. The van der Waals surface area contributed by atoms with Gasteiger partial charge in [0.15, 0.2) is 0 Å². The molecule has 4 aliphatic heterocycles. The minimum absolute atomic E-state index is 0.106. The Kier molecular flexibility index (Phi) is 12.9. The normalized spacial score (nSPS) is 21.2. The highest BCUT2D eigenvalue weighted by molar-refractivity contribution is 7.90. The molecule has 1 amide bonds. The highest BCUT2D eigenvalue weighted by Crippen LogP contribution is 2.47. The fraction of sp³-hybridized carbons (Fsp3) is 0.440. The third kappa shape index (κ3) is 9.63. The van der Waals surface area contributed by atoms with Crippen LogP contribution >= 0.6 is 11.6 Å². The second kappa shape index (κ2) is 19.0. The molecule has 3 saturated heterocycles. The van der Waals surface area contributed by atoms with Gasteiger partial charge in [-0.1, -0.05) is 43.2 Å². The van der Waals surface area contributed by atoms with Crippen molar-refractivity contribution in [3.63, 3.8) is 0 Å². The number of H-pyrrole nitrogens is 1. The number of allylic oxidation sites excluding steroid dienone is 1. The first-order chi connectivity index (χ1) is 32.8. The summed E-state index contributed by atoms with van der Waals surface area (Å²) in [6.45, 7) is 11.2. The number of nitro benzene ring substituents is 1. The van der Waals surface area contributed by atoms with Gasteiger partial charge in [-0.2, -0.15) is 4.98 Å². The summed E-state index contributed by atoms with van der Waals surface area (Å²) in [5, 5.41) is 17.0. The highest BCUT2D eigenvalue weighted by atomic mass is 35.5. The molecule has 3 N–H and O–H groups in total. The van der Waals surface area contributed by atoms with Gasteiger partial charge in [-0.25, -0.2) is 13.1 Å². The summed E-state index contributed by atoms with van der Waals surface area (Å²) in [7, 11) is -4.60. The standard InChI is InChI=1S/C50H57ClN8O8S/c1-50(2)16-11-35(40(28-50)33-3-5-36(51)6-4-33)30-56-18-20-57(21-19-56)37-7-9-39(43(26-37)58-42-15-24-66-31-46(42)67-49-45(58)25-34-12-17-52-47(34)54-49)48(60)55-68(63,64)38-8-10-41(44(27-38)59(61)62)53-29-32-13-22-65-23-14-32/h3-10,12,17,25-27,32,42,46,53H,11,13-16,18-24,28-31H2,1-2H3,(H,52,54)(H,55,60). The van der Waals surface area contributed by atoms with Crippen LogP contribution in [0.2, 0.25) is 5.02 Å². The summed E-state index contributed by atoms with van der Waals surface area (Å²) in [6.07, 6.45) is 6.77. The Hall–Kier alpha value is -5.72. The number of hydrogen-bond donors (Lipinski definition) is 3. The predicted molar refractivity (Wildman–Crippen MR) is 263 cm³/mol. The summed E-state index contributed by atoms with van der Waals surface area (Å²) in [5.41, 5.74) is 6.88. The second-order valence-electron chi connectivity index (χ2n) is 19.4. The van der Waals surface area contributed by atoms with Gasteiger partial charge in [-0.15, -0.1) is 0 Å². The number of anilines is 4. The molecule has 10 rings (SSSR count). The van der Waals surface area contributed by atoms with E-state index in [2.05, 4.69) is 55.7 Å². The maximum absolute atomic E-state index is 14.6. The van der Waals surface area contributed by atoms with Gasteiger partial charge < -0.3 is 34.3 Å². The number of nitro groups is 1. The van der Waals surface area contributed by atoms with Crippen molar-refractivity contribution in [3.05, 3.63) is 111 Å². The van der Waals surface area contributed by atoms with E-state index in [0.29, 0.717) is 62.3 Å². The topological polar surface area (TPSA) is 184 Å². The summed E-state index contributed by atoms with van der Waals surface area (Å²) < 4.78 is 48.3. The van der Waals surface area contributed by atoms with Crippen LogP contribution in [0.4, 0.5) is 28.4 Å². The van der Waals surface area contributed by atoms with Crippen LogP contribution < -0.4 is 24.6 Å². The first kappa shape index (κ1) is 46.0. The zero-order valence-electron chi connectivity index (χ0n) is 38.3. The number of carbonyl (C=O) groups excluding carboxylic acids is 1. The van der Waals surface area contributed by atoms with Gasteiger partial charge in [-0.3, -0.25) is 19.8 Å². The molecule has 2 unspecified atom stereocenters. The molecular weight excluding hydrogens is 908 g/mol. The average molecular weight is 966 g/mol. The fourth-order valence-corrected chi connectivity index (χ4v) is 11.5. The lowest BCUT2D eigenvalue weighted by atomic mass is 9.72. The van der Waals surface area contributed by atoms with Crippen molar-refractivity contribution >= 4 is 72.6 Å². The molecule has 0 spiro atoms. The van der Waals surface area contributed by atoms with Crippen LogP contribution in [-0.2, 0) is 19.5 Å². The van der Waals surface area contributed by atoms with Gasteiger partial charge in [0.2, 0.25) is 5.88 Å². The Morgan fingerprint density at radius 2 is 1.74 bits per heavy atom. The Morgan fingerprint density at radius 3 is 2.51 bits per heavy atom. The number of amides is 1. The Morgan fingerprint density at radius 1 is 0.956 bits per heavy atom. The monoisotopic (exact) mass is 964 g/mol. The number of hydrogen-bond acceptors (Lipinski definition) is 13. The zero-order valence-corrected chi connectivity index (χ0v) is 39.9. The van der Waals surface area contributed by atoms with Crippen LogP contribution in [0.15, 0.2) is 89.5 Å². The molecule has 1 aliphatic carbocycles. The molecular formula is C50H57ClN8O8S. The maximum atomic E-state index is 14.6. The summed E-state index contributed by atoms with van der Waals surface area (Å²) in [6, 6.07) is 21.0. The van der Waals surface area contributed by atoms with E-state index in [9.17, 15) is 23.3 Å². The van der Waals surface area contributed by atoms with Crippen molar-refractivity contribution in [1.29, 1.82) is 0 Å². The minimum Gasteiger partial charge on any atom is -0.468 e. The van der Waals surface area contributed by atoms with E-state index in [0.717, 1.165) is 87.0 Å². The van der Waals surface area contributed by atoms with Gasteiger partial charge in [0, 0.05) is 87.4 Å². The number of benzene rings is 3. The molecule has 3 fully saturated rings. The fourth-order valence-electron chi connectivity index (χ4n) is 10.4. The number of sulfonamides is 1. The van der Waals surface area contributed by atoms with Gasteiger partial charge in [0.25, 0.3) is 21.6 Å². The lowest BCUT2D eigenvalue weighted by Gasteiger charge is -2.45. The van der Waals surface area contributed by atoms with Gasteiger partial charge in [0.05, 0.1) is 33.7 Å². The van der Waals surface area contributed by atoms with Crippen LogP contribution in [0.5, 0.6) is 5.88 Å². The van der Waals surface area contributed by atoms with E-state index in [-0.39, 0.29) is 28.6 Å². The van der Waals surface area contributed by atoms with Crippen LogP contribution in [0.1, 0.15) is 68.3 Å². The van der Waals surface area contributed by atoms with Crippen molar-refractivity contribution in [2.45, 2.75) is 69.4 Å². The van der Waals surface area contributed by atoms with Crippen LogP contribution in [-0.4, -0.2) is 112 Å². The van der Waals surface area contributed by atoms with Crippen LogP contribution in [0, 0.1) is 21.4 Å². The molecule has 2 atom stereocenters. The van der Waals surface area contributed by atoms with Crippen molar-refractivity contribution < 1.29 is 32.3 Å². The van der Waals surface area contributed by atoms with E-state index in [1.165, 1.54) is 28.8 Å². The molecule has 68 heavy (non-hydrogen) atoms. The maximum Gasteiger partial charge on any atom is 0.293 e. The number of halogens is 1. The summed E-state index contributed by atoms with van der Waals surface area (Å²) in [4.78, 5) is 40.8. The molecule has 18 heteroatoms. The largest absolute Gasteiger partial charge is 0.468 e. The third-order valence-corrected chi connectivity index (χ3v) is 15.8. The Labute approximate surface area is 401 Å². The highest BCUT2D eigenvalue weighted by Gasteiger charge is 2.42. The van der Waals surface area contributed by atoms with E-state index < -0.39 is 37.5 Å². The van der Waals surface area contributed by atoms with E-state index in [4.69, 9.17) is 30.8 Å². The van der Waals surface area contributed by atoms with Crippen molar-refractivity contribution in [2.75, 3.05) is 80.8 Å². The summed E-state index contributed by atoms with van der Waals surface area (Å²) >= 11 is 6.29. The molecule has 358 valence electrons. The number of aromatic amines is 1. The van der Waals surface area contributed by atoms with E-state index in [1.54, 1.807) is 12.3 Å². The Bertz CT molecular complexity index is 2860. The Balaban J connectivity index is 0.954. The number of nitrogens with zero attached hydrogens (tertiary/aromatic N) is 5. The number of carbonyl (C=O) groups is 1. The average Bonchev–Trinajstić information content (AvgIpc) is 3.80. The molecule has 0 bridgehead atoms. The van der Waals surface area contributed by atoms with E-state index >= 15 is 0 Å². The molecule has 2 aromatic heterocycles. The number of fused-ring (bicyclic) bond motifs is 3. The number of nitrogens with one attached hydrogen (secondary N) is 3. The van der Waals surface area contributed by atoms with Gasteiger partial charge in [0.1, 0.15) is 23.1 Å². The van der Waals surface area contributed by atoms with E-state index in [1.807, 2.05) is 36.4 Å². The smallest absolute Gasteiger partial charge is 0.293 e. The number of rotatable bonds is 12. The predicted octanol–water partition coefficient (Wildman–Crippen LogP) is 8.56. The number of piperazine rings is 1. The van der Waals surface area contributed by atoms with Crippen molar-refractivity contribution in [1.82, 2.24) is 19.6 Å². The minimum atomic E-state index is -4.60. The quantitative estimate of drug-likeness (QED) is 0.0799. The SMILES string of the molecule is CC1(C)CCC(CN2CCN(c3ccc(C(=O)NS(=O)(=O)c4ccc(NCC5CCOCC5)c([N+](=O)[O-])c4)c(N4c5cc6cc[nH]c6nc5OC5COCCC54)c3)CC2)=C(c2ccc(Cl)cc2)C1. The van der Waals surface area contributed by atoms with Gasteiger partial charge >= 0.3 is 0 Å².